The fourth-order valence-electron chi connectivity index (χ4n) is 6.79. The van der Waals surface area contributed by atoms with Crippen LogP contribution in [-0.4, -0.2) is 40.0 Å². The number of benzene rings is 3. The van der Waals surface area contributed by atoms with Crippen LogP contribution in [0.3, 0.4) is 0 Å². The van der Waals surface area contributed by atoms with Gasteiger partial charge in [-0.1, -0.05) is 6.07 Å². The molecule has 6 aromatic rings. The Morgan fingerprint density at radius 2 is 1.85 bits per heavy atom. The van der Waals surface area contributed by atoms with Crippen LogP contribution in [0.15, 0.2) is 77.2 Å². The largest absolute Gasteiger partial charge is 0.455 e. The molecular formula is C35H29F2N5O3S. The molecule has 0 bridgehead atoms. The molecule has 1 amide bonds. The van der Waals surface area contributed by atoms with Gasteiger partial charge in [0.1, 0.15) is 45.3 Å². The normalized spacial score (nSPS) is 15.2. The Morgan fingerprint density at radius 1 is 1.07 bits per heavy atom. The summed E-state index contributed by atoms with van der Waals surface area (Å²) in [5, 5.41) is 7.46. The van der Waals surface area contributed by atoms with E-state index in [1.165, 1.54) is 25.2 Å². The highest BCUT2D eigenvalue weighted by molar-refractivity contribution is 7.85. The Morgan fingerprint density at radius 3 is 2.54 bits per heavy atom. The first-order valence-electron chi connectivity index (χ1n) is 15.0. The zero-order valence-corrected chi connectivity index (χ0v) is 26.1. The quantitative estimate of drug-likeness (QED) is 0.205. The molecule has 1 atom stereocenters. The molecule has 4 heterocycles. The highest BCUT2D eigenvalue weighted by atomic mass is 32.2. The first-order chi connectivity index (χ1) is 22.2. The maximum atomic E-state index is 15.1. The molecule has 1 saturated carbocycles. The summed E-state index contributed by atoms with van der Waals surface area (Å²) in [5.41, 5.74) is 5.81. The molecule has 0 saturated heterocycles. The first-order valence-corrected chi connectivity index (χ1v) is 16.5. The van der Waals surface area contributed by atoms with Crippen molar-refractivity contribution in [1.29, 1.82) is 0 Å². The van der Waals surface area contributed by atoms with Crippen LogP contribution in [0, 0.1) is 11.6 Å². The minimum atomic E-state index is -1.41. The van der Waals surface area contributed by atoms with Crippen LogP contribution in [0.25, 0.3) is 55.8 Å². The predicted octanol–water partition coefficient (Wildman–Crippen LogP) is 7.41. The summed E-state index contributed by atoms with van der Waals surface area (Å²) in [6.07, 6.45) is 4.46. The third-order valence-corrected chi connectivity index (χ3v) is 10.2. The number of hydrogen-bond acceptors (Lipinski definition) is 5. The number of pyridine rings is 1. The topological polar surface area (TPSA) is 92.4 Å². The lowest BCUT2D eigenvalue weighted by Crippen LogP contribution is -2.49. The number of fused-ring (bicyclic) bond motifs is 7. The van der Waals surface area contributed by atoms with Crippen LogP contribution in [0.1, 0.15) is 29.6 Å². The molecular weight excluding hydrogens is 608 g/mol. The number of anilines is 2. The molecule has 1 fully saturated rings. The average Bonchev–Trinajstić information content (AvgIpc) is 3.62. The number of carbonyl (C=O) groups is 1. The SMILES string of the molecule is CNC(=O)c1c(-c2ccc(F)cc2)oc2cc(N(C)S(C)=O)c(-c3ccc4c(n3)-c3cc5c(F)cccc5n3C3(CCC3)N4)cc12. The van der Waals surface area contributed by atoms with Crippen molar-refractivity contribution in [2.75, 3.05) is 30.0 Å². The highest BCUT2D eigenvalue weighted by Crippen LogP contribution is 2.51. The van der Waals surface area contributed by atoms with E-state index in [4.69, 9.17) is 9.40 Å². The van der Waals surface area contributed by atoms with Gasteiger partial charge in [-0.25, -0.2) is 18.0 Å². The van der Waals surface area contributed by atoms with Crippen molar-refractivity contribution < 1.29 is 22.2 Å². The van der Waals surface area contributed by atoms with Gasteiger partial charge in [0.15, 0.2) is 0 Å². The maximum absolute atomic E-state index is 15.1. The number of halogens is 2. The van der Waals surface area contributed by atoms with E-state index >= 15 is 4.39 Å². The predicted molar refractivity (Wildman–Crippen MR) is 177 cm³/mol. The molecule has 3 aromatic heterocycles. The van der Waals surface area contributed by atoms with Gasteiger partial charge in [0.25, 0.3) is 5.91 Å². The summed E-state index contributed by atoms with van der Waals surface area (Å²) >= 11 is 0. The van der Waals surface area contributed by atoms with Crippen LogP contribution in [0.5, 0.6) is 0 Å². The summed E-state index contributed by atoms with van der Waals surface area (Å²) < 4.78 is 51.7. The number of hydrogen-bond donors (Lipinski definition) is 2. The van der Waals surface area contributed by atoms with Crippen LogP contribution in [0.2, 0.25) is 0 Å². The van der Waals surface area contributed by atoms with Gasteiger partial charge in [0.2, 0.25) is 0 Å². The molecule has 46 heavy (non-hydrogen) atoms. The zero-order chi connectivity index (χ0) is 31.9. The Labute approximate surface area is 265 Å². The minimum absolute atomic E-state index is 0.287. The van der Waals surface area contributed by atoms with E-state index in [9.17, 15) is 13.4 Å². The Hall–Kier alpha value is -5.03. The molecule has 2 aliphatic rings. The molecule has 1 aliphatic heterocycles. The van der Waals surface area contributed by atoms with Crippen LogP contribution >= 0.6 is 0 Å². The van der Waals surface area contributed by atoms with Crippen LogP contribution in [-0.2, 0) is 16.6 Å². The lowest BCUT2D eigenvalue weighted by Gasteiger charge is -2.48. The van der Waals surface area contributed by atoms with Gasteiger partial charge in [-0.2, -0.15) is 0 Å². The van der Waals surface area contributed by atoms with E-state index in [1.807, 2.05) is 30.3 Å². The average molecular weight is 638 g/mol. The maximum Gasteiger partial charge on any atom is 0.255 e. The van der Waals surface area contributed by atoms with Crippen molar-refractivity contribution in [3.8, 4) is 34.0 Å². The second-order valence-corrected chi connectivity index (χ2v) is 13.2. The number of furan rings is 1. The van der Waals surface area contributed by atoms with E-state index in [-0.39, 0.29) is 23.1 Å². The molecule has 8 nitrogen and oxygen atoms in total. The van der Waals surface area contributed by atoms with Gasteiger partial charge in [-0.05, 0) is 79.9 Å². The standard InChI is InChI=1S/C35H29F2N5O3S/c1-38-34(43)31-23-16-22(28(41(2)46(3)44)18-30(23)45-33(31)19-8-10-20(36)11-9-19)25-12-13-26-32(39-25)29-17-21-24(37)6-4-7-27(21)42(29)35(40-26)14-5-15-35/h4,6-13,16-18,40H,5,14-15H2,1-3H3,(H,38,43). The molecule has 0 radical (unpaired) electrons. The van der Waals surface area contributed by atoms with Crippen molar-refractivity contribution in [1.82, 2.24) is 14.9 Å². The fourth-order valence-corrected chi connectivity index (χ4v) is 7.22. The molecule has 1 unspecified atom stereocenters. The highest BCUT2D eigenvalue weighted by Gasteiger charge is 2.45. The van der Waals surface area contributed by atoms with E-state index < -0.39 is 16.8 Å². The molecule has 1 spiro atoms. The van der Waals surface area contributed by atoms with Crippen LogP contribution < -0.4 is 14.9 Å². The number of amides is 1. The van der Waals surface area contributed by atoms with Crippen molar-refractivity contribution >= 4 is 50.1 Å². The smallest absolute Gasteiger partial charge is 0.255 e. The number of rotatable bonds is 5. The Balaban J connectivity index is 1.37. The molecule has 11 heteroatoms. The molecule has 2 N–H and O–H groups in total. The van der Waals surface area contributed by atoms with Gasteiger partial charge in [-0.3, -0.25) is 9.10 Å². The molecule has 1 aliphatic carbocycles. The van der Waals surface area contributed by atoms with Gasteiger partial charge >= 0.3 is 0 Å². The van der Waals surface area contributed by atoms with Gasteiger partial charge < -0.3 is 19.6 Å². The summed E-state index contributed by atoms with van der Waals surface area (Å²) in [6, 6.07) is 20.2. The first kappa shape index (κ1) is 28.4. The number of carbonyl (C=O) groups excluding carboxylic acids is 1. The third kappa shape index (κ3) is 4.11. The Bertz CT molecular complexity index is 2260. The zero-order valence-electron chi connectivity index (χ0n) is 25.3. The monoisotopic (exact) mass is 637 g/mol. The van der Waals surface area contributed by atoms with E-state index in [0.29, 0.717) is 50.1 Å². The molecule has 8 rings (SSSR count). The van der Waals surface area contributed by atoms with Gasteiger partial charge in [0.05, 0.1) is 33.8 Å². The second kappa shape index (κ2) is 10.2. The minimum Gasteiger partial charge on any atom is -0.455 e. The summed E-state index contributed by atoms with van der Waals surface area (Å²) in [4.78, 5) is 18.4. The van der Waals surface area contributed by atoms with Crippen molar-refractivity contribution in [2.24, 2.45) is 0 Å². The number of aromatic nitrogens is 2. The van der Waals surface area contributed by atoms with Crippen molar-refractivity contribution in [3.05, 3.63) is 90.0 Å². The second-order valence-electron chi connectivity index (χ2n) is 11.8. The summed E-state index contributed by atoms with van der Waals surface area (Å²) in [7, 11) is 1.84. The van der Waals surface area contributed by atoms with Crippen molar-refractivity contribution in [3.63, 3.8) is 0 Å². The van der Waals surface area contributed by atoms with Gasteiger partial charge in [-0.15, -0.1) is 0 Å². The fraction of sp³-hybridized carbons (Fsp3) is 0.200. The van der Waals surface area contributed by atoms with Crippen LogP contribution in [0.4, 0.5) is 20.2 Å². The van der Waals surface area contributed by atoms with E-state index in [2.05, 4.69) is 15.2 Å². The van der Waals surface area contributed by atoms with E-state index in [0.717, 1.165) is 36.2 Å². The Kier molecular flexibility index (Phi) is 6.34. The number of nitrogens with zero attached hydrogens (tertiary/aromatic N) is 3. The van der Waals surface area contributed by atoms with E-state index in [1.54, 1.807) is 41.9 Å². The van der Waals surface area contributed by atoms with Gasteiger partial charge in [0, 0.05) is 48.3 Å². The number of nitrogens with one attached hydrogen (secondary N) is 2. The summed E-state index contributed by atoms with van der Waals surface area (Å²) in [6.45, 7) is 0. The van der Waals surface area contributed by atoms with Crippen molar-refractivity contribution in [2.45, 2.75) is 24.9 Å². The summed E-state index contributed by atoms with van der Waals surface area (Å²) in [5.74, 6) is -0.775. The lowest BCUT2D eigenvalue weighted by atomic mass is 9.82. The molecule has 232 valence electrons. The third-order valence-electron chi connectivity index (χ3n) is 9.27. The molecule has 3 aromatic carbocycles. The lowest BCUT2D eigenvalue weighted by molar-refractivity contribution is 0.0964.